The summed E-state index contributed by atoms with van der Waals surface area (Å²) in [6.07, 6.45) is 1.75. The second-order valence-corrected chi connectivity index (χ2v) is 7.35. The van der Waals surface area contributed by atoms with Crippen molar-refractivity contribution in [3.8, 4) is 5.75 Å². The number of ether oxygens (including phenoxy) is 1. The van der Waals surface area contributed by atoms with Gasteiger partial charge in [-0.05, 0) is 29.2 Å². The number of methoxy groups -OCH3 is 1. The molecule has 1 aromatic heterocycles. The molecule has 0 aliphatic rings. The van der Waals surface area contributed by atoms with Gasteiger partial charge in [0.15, 0.2) is 0 Å². The summed E-state index contributed by atoms with van der Waals surface area (Å²) in [5.41, 5.74) is 3.40. The molecule has 0 aliphatic heterocycles. The zero-order chi connectivity index (χ0) is 19.3. The van der Waals surface area contributed by atoms with Crippen LogP contribution in [0.5, 0.6) is 5.75 Å². The van der Waals surface area contributed by atoms with Gasteiger partial charge in [-0.3, -0.25) is 0 Å². The lowest BCUT2D eigenvalue weighted by molar-refractivity contribution is 0.410. The maximum absolute atomic E-state index is 5.39. The van der Waals surface area contributed by atoms with Crippen molar-refractivity contribution in [3.05, 3.63) is 71.9 Å². The van der Waals surface area contributed by atoms with Crippen LogP contribution in [0, 0.1) is 0 Å². The monoisotopic (exact) mass is 362 g/mol. The number of hydrogen-bond acceptors (Lipinski definition) is 5. The number of hydrogen-bond donors (Lipinski definition) is 2. The van der Waals surface area contributed by atoms with Crippen LogP contribution in [0.1, 0.15) is 31.9 Å². The summed E-state index contributed by atoms with van der Waals surface area (Å²) >= 11 is 0. The van der Waals surface area contributed by atoms with E-state index in [-0.39, 0.29) is 5.41 Å². The van der Waals surface area contributed by atoms with Gasteiger partial charge in [-0.2, -0.15) is 4.98 Å². The van der Waals surface area contributed by atoms with Crippen molar-refractivity contribution in [3.63, 3.8) is 0 Å². The van der Waals surface area contributed by atoms with E-state index < -0.39 is 0 Å². The zero-order valence-electron chi connectivity index (χ0n) is 16.3. The maximum Gasteiger partial charge on any atom is 0.224 e. The van der Waals surface area contributed by atoms with Crippen molar-refractivity contribution in [1.29, 1.82) is 0 Å². The summed E-state index contributed by atoms with van der Waals surface area (Å²) in [7, 11) is 1.67. The molecule has 0 unspecified atom stereocenters. The Hall–Kier alpha value is -3.08. The van der Waals surface area contributed by atoms with Gasteiger partial charge in [0.25, 0.3) is 0 Å². The lowest BCUT2D eigenvalue weighted by Crippen LogP contribution is -2.14. The van der Waals surface area contributed by atoms with E-state index in [1.165, 1.54) is 5.56 Å². The Bertz CT molecular complexity index is 903. The highest BCUT2D eigenvalue weighted by Crippen LogP contribution is 2.31. The summed E-state index contributed by atoms with van der Waals surface area (Å²) in [6, 6.07) is 18.1. The predicted octanol–water partition coefficient (Wildman–Crippen LogP) is 5.14. The highest BCUT2D eigenvalue weighted by Gasteiger charge is 2.17. The number of nitrogens with one attached hydrogen (secondary N) is 2. The number of para-hydroxylation sites is 2. The molecule has 0 bridgehead atoms. The largest absolute Gasteiger partial charge is 0.496 e. The average Bonchev–Trinajstić information content (AvgIpc) is 2.66. The van der Waals surface area contributed by atoms with Crippen LogP contribution >= 0.6 is 0 Å². The minimum absolute atomic E-state index is 0.0432. The van der Waals surface area contributed by atoms with Crippen LogP contribution in [-0.4, -0.2) is 17.1 Å². The second-order valence-electron chi connectivity index (χ2n) is 7.35. The highest BCUT2D eigenvalue weighted by molar-refractivity contribution is 5.62. The molecule has 5 heteroatoms. The standard InChI is InChI=1S/C22H26N4O/c1-22(2,3)17-10-6-7-11-18(17)25-20-13-14-23-21(26-20)24-15-16-9-5-8-12-19(16)27-4/h5-14H,15H2,1-4H3,(H2,23,24,25,26). The molecule has 0 saturated heterocycles. The van der Waals surface area contributed by atoms with Crippen LogP contribution in [0.25, 0.3) is 0 Å². The Morgan fingerprint density at radius 3 is 2.48 bits per heavy atom. The minimum Gasteiger partial charge on any atom is -0.496 e. The molecule has 1 heterocycles. The first-order valence-electron chi connectivity index (χ1n) is 9.03. The van der Waals surface area contributed by atoms with Crippen LogP contribution in [-0.2, 0) is 12.0 Å². The highest BCUT2D eigenvalue weighted by atomic mass is 16.5. The number of aromatic nitrogens is 2. The topological polar surface area (TPSA) is 59.1 Å². The summed E-state index contributed by atoms with van der Waals surface area (Å²) in [4.78, 5) is 8.91. The Morgan fingerprint density at radius 1 is 0.963 bits per heavy atom. The van der Waals surface area contributed by atoms with E-state index >= 15 is 0 Å². The number of rotatable bonds is 6. The van der Waals surface area contributed by atoms with E-state index in [0.29, 0.717) is 12.5 Å². The van der Waals surface area contributed by atoms with Gasteiger partial charge in [-0.1, -0.05) is 57.2 Å². The molecule has 3 aromatic rings. The van der Waals surface area contributed by atoms with Crippen molar-refractivity contribution in [2.45, 2.75) is 32.7 Å². The summed E-state index contributed by atoms with van der Waals surface area (Å²) in [5.74, 6) is 2.17. The first-order valence-corrected chi connectivity index (χ1v) is 9.03. The molecule has 0 radical (unpaired) electrons. The number of benzene rings is 2. The van der Waals surface area contributed by atoms with E-state index in [1.54, 1.807) is 13.3 Å². The van der Waals surface area contributed by atoms with E-state index in [2.05, 4.69) is 59.6 Å². The Kier molecular flexibility index (Phi) is 5.60. The molecule has 2 aromatic carbocycles. The molecule has 5 nitrogen and oxygen atoms in total. The molecule has 27 heavy (non-hydrogen) atoms. The first-order chi connectivity index (χ1) is 13.0. The van der Waals surface area contributed by atoms with E-state index in [9.17, 15) is 0 Å². The molecule has 0 amide bonds. The van der Waals surface area contributed by atoms with Crippen molar-refractivity contribution in [2.75, 3.05) is 17.7 Å². The fourth-order valence-corrected chi connectivity index (χ4v) is 2.92. The Labute approximate surface area is 160 Å². The number of anilines is 3. The van der Waals surface area contributed by atoms with Crippen molar-refractivity contribution >= 4 is 17.5 Å². The molecule has 3 rings (SSSR count). The quantitative estimate of drug-likeness (QED) is 0.636. The third-order valence-electron chi connectivity index (χ3n) is 4.28. The lowest BCUT2D eigenvalue weighted by atomic mass is 9.86. The van der Waals surface area contributed by atoms with Crippen LogP contribution < -0.4 is 15.4 Å². The third kappa shape index (κ3) is 4.76. The van der Waals surface area contributed by atoms with Gasteiger partial charge in [0, 0.05) is 24.0 Å². The van der Waals surface area contributed by atoms with Crippen molar-refractivity contribution < 1.29 is 4.74 Å². The molecule has 0 fully saturated rings. The van der Waals surface area contributed by atoms with Crippen LogP contribution in [0.4, 0.5) is 17.5 Å². The SMILES string of the molecule is COc1ccccc1CNc1nccc(Nc2ccccc2C(C)(C)C)n1. The fourth-order valence-electron chi connectivity index (χ4n) is 2.92. The minimum atomic E-state index is 0.0432. The number of nitrogens with zero attached hydrogens (tertiary/aromatic N) is 2. The molecular weight excluding hydrogens is 336 g/mol. The molecule has 0 atom stereocenters. The summed E-state index contributed by atoms with van der Waals surface area (Å²) in [6.45, 7) is 7.20. The molecule has 0 saturated carbocycles. The van der Waals surface area contributed by atoms with Crippen LogP contribution in [0.15, 0.2) is 60.8 Å². The van der Waals surface area contributed by atoms with E-state index in [0.717, 1.165) is 22.8 Å². The summed E-state index contributed by atoms with van der Waals surface area (Å²) < 4.78 is 5.39. The van der Waals surface area contributed by atoms with Gasteiger partial charge >= 0.3 is 0 Å². The van der Waals surface area contributed by atoms with E-state index in [1.807, 2.05) is 36.4 Å². The first kappa shape index (κ1) is 18.7. The Morgan fingerprint density at radius 2 is 1.70 bits per heavy atom. The normalized spacial score (nSPS) is 11.1. The molecule has 2 N–H and O–H groups in total. The maximum atomic E-state index is 5.39. The van der Waals surface area contributed by atoms with E-state index in [4.69, 9.17) is 4.74 Å². The average molecular weight is 362 g/mol. The third-order valence-corrected chi connectivity index (χ3v) is 4.28. The van der Waals surface area contributed by atoms with Gasteiger partial charge in [-0.15, -0.1) is 0 Å². The lowest BCUT2D eigenvalue weighted by Gasteiger charge is -2.23. The summed E-state index contributed by atoms with van der Waals surface area (Å²) in [5, 5.41) is 6.69. The Balaban J connectivity index is 1.75. The molecular formula is C22H26N4O. The zero-order valence-corrected chi connectivity index (χ0v) is 16.3. The van der Waals surface area contributed by atoms with Crippen molar-refractivity contribution in [2.24, 2.45) is 0 Å². The fraction of sp³-hybridized carbons (Fsp3) is 0.273. The smallest absolute Gasteiger partial charge is 0.224 e. The molecule has 0 spiro atoms. The molecule has 0 aliphatic carbocycles. The van der Waals surface area contributed by atoms with Crippen LogP contribution in [0.2, 0.25) is 0 Å². The van der Waals surface area contributed by atoms with Gasteiger partial charge in [0.05, 0.1) is 7.11 Å². The van der Waals surface area contributed by atoms with Crippen LogP contribution in [0.3, 0.4) is 0 Å². The van der Waals surface area contributed by atoms with Gasteiger partial charge in [0.1, 0.15) is 11.6 Å². The van der Waals surface area contributed by atoms with Gasteiger partial charge < -0.3 is 15.4 Å². The molecule has 140 valence electrons. The predicted molar refractivity (Wildman–Crippen MR) is 111 cm³/mol. The van der Waals surface area contributed by atoms with Gasteiger partial charge in [0.2, 0.25) is 5.95 Å². The second kappa shape index (κ2) is 8.08. The van der Waals surface area contributed by atoms with Crippen molar-refractivity contribution in [1.82, 2.24) is 9.97 Å². The van der Waals surface area contributed by atoms with Gasteiger partial charge in [-0.25, -0.2) is 4.98 Å².